The van der Waals surface area contributed by atoms with Crippen LogP contribution in [0.4, 0.5) is 0 Å². The quantitative estimate of drug-likeness (QED) is 0.546. The lowest BCUT2D eigenvalue weighted by atomic mass is 9.56. The van der Waals surface area contributed by atoms with E-state index in [1.54, 1.807) is 6.07 Å². The van der Waals surface area contributed by atoms with Crippen molar-refractivity contribution >= 4 is 5.91 Å². The molecule has 194 valence electrons. The average molecular weight is 498 g/mol. The molecule has 5 nitrogen and oxygen atoms in total. The lowest BCUT2D eigenvalue weighted by molar-refractivity contribution is -0.235. The number of hydrogen-bond acceptors (Lipinski definition) is 4. The van der Waals surface area contributed by atoms with Crippen LogP contribution in [0.1, 0.15) is 78.9 Å². The number of aromatic hydroxyl groups is 1. The van der Waals surface area contributed by atoms with Crippen LogP contribution in [0.15, 0.2) is 61.2 Å². The Labute approximate surface area is 220 Å². The third-order valence-corrected chi connectivity index (χ3v) is 10.4. The van der Waals surface area contributed by atoms with E-state index >= 15 is 0 Å². The second-order valence-corrected chi connectivity index (χ2v) is 12.0. The fourth-order valence-corrected chi connectivity index (χ4v) is 9.21. The number of benzene rings is 2. The Morgan fingerprint density at radius 2 is 1.57 bits per heavy atom. The molecule has 5 unspecified atom stereocenters. The Hall–Kier alpha value is -2.63. The summed E-state index contributed by atoms with van der Waals surface area (Å²) in [6, 6.07) is 18.9. The molecule has 5 fully saturated rings. The Bertz CT molecular complexity index is 1160. The molecule has 5 aliphatic rings. The van der Waals surface area contributed by atoms with Crippen molar-refractivity contribution in [2.75, 3.05) is 19.6 Å². The molecule has 1 N–H and O–H groups in total. The maximum atomic E-state index is 13.2. The maximum absolute atomic E-state index is 13.2. The second-order valence-electron chi connectivity index (χ2n) is 12.0. The third kappa shape index (κ3) is 3.33. The van der Waals surface area contributed by atoms with Gasteiger partial charge in [0.05, 0.1) is 6.04 Å². The molecule has 2 saturated carbocycles. The lowest BCUT2D eigenvalue weighted by Gasteiger charge is -2.72. The van der Waals surface area contributed by atoms with E-state index in [0.29, 0.717) is 35.3 Å². The molecule has 3 heterocycles. The van der Waals surface area contributed by atoms with Gasteiger partial charge in [-0.15, -0.1) is 6.58 Å². The molecule has 5 heteroatoms. The fourth-order valence-electron chi connectivity index (χ4n) is 9.21. The summed E-state index contributed by atoms with van der Waals surface area (Å²) in [5.41, 5.74) is 3.61. The molecule has 2 aliphatic carbocycles. The number of amides is 1. The van der Waals surface area contributed by atoms with E-state index in [2.05, 4.69) is 40.7 Å². The topological polar surface area (TPSA) is 47.0 Å². The highest BCUT2D eigenvalue weighted by molar-refractivity contribution is 5.94. The number of carbonyl (C=O) groups excluding carboxylic acids is 1. The molecule has 37 heavy (non-hydrogen) atoms. The Balaban J connectivity index is 1.20. The summed E-state index contributed by atoms with van der Waals surface area (Å²) in [5, 5.41) is 10.4. The van der Waals surface area contributed by atoms with Crippen LogP contribution in [0.5, 0.6) is 5.75 Å². The summed E-state index contributed by atoms with van der Waals surface area (Å²) in [6.07, 6.45) is 11.8. The molecular formula is C32H39N3O2. The van der Waals surface area contributed by atoms with Crippen LogP contribution in [0, 0.1) is 5.41 Å². The summed E-state index contributed by atoms with van der Waals surface area (Å²) in [4.78, 5) is 20.8. The van der Waals surface area contributed by atoms with Gasteiger partial charge in [0, 0.05) is 54.8 Å². The van der Waals surface area contributed by atoms with Gasteiger partial charge in [0.15, 0.2) is 0 Å². The smallest absolute Gasteiger partial charge is 0.253 e. The molecule has 3 aliphatic heterocycles. The zero-order valence-electron chi connectivity index (χ0n) is 21.8. The van der Waals surface area contributed by atoms with E-state index in [-0.39, 0.29) is 11.9 Å². The van der Waals surface area contributed by atoms with Crippen molar-refractivity contribution in [2.24, 2.45) is 5.41 Å². The highest BCUT2D eigenvalue weighted by Crippen LogP contribution is 2.72. The monoisotopic (exact) mass is 497 g/mol. The van der Waals surface area contributed by atoms with Crippen molar-refractivity contribution in [3.05, 3.63) is 77.9 Å². The molecule has 2 aromatic rings. The Kier molecular flexibility index (Phi) is 5.71. The maximum Gasteiger partial charge on any atom is 0.253 e. The van der Waals surface area contributed by atoms with Crippen LogP contribution in [-0.2, 0) is 0 Å². The van der Waals surface area contributed by atoms with Crippen LogP contribution in [-0.4, -0.2) is 69.5 Å². The molecule has 2 aromatic carbocycles. The number of carbonyl (C=O) groups is 1. The van der Waals surface area contributed by atoms with Gasteiger partial charge in [0.25, 0.3) is 5.91 Å². The van der Waals surface area contributed by atoms with E-state index in [1.165, 1.54) is 44.1 Å². The van der Waals surface area contributed by atoms with Crippen molar-refractivity contribution in [1.82, 2.24) is 14.7 Å². The van der Waals surface area contributed by atoms with Gasteiger partial charge < -0.3 is 10.0 Å². The Morgan fingerprint density at radius 1 is 0.919 bits per heavy atom. The first-order chi connectivity index (χ1) is 18.1. The zero-order chi connectivity index (χ0) is 25.1. The molecule has 5 atom stereocenters. The van der Waals surface area contributed by atoms with Gasteiger partial charge in [-0.2, -0.15) is 0 Å². The van der Waals surface area contributed by atoms with E-state index in [1.807, 2.05) is 29.2 Å². The molecule has 3 saturated heterocycles. The molecule has 0 bridgehead atoms. The molecule has 0 aromatic heterocycles. The minimum absolute atomic E-state index is 0.0982. The van der Waals surface area contributed by atoms with E-state index in [4.69, 9.17) is 0 Å². The van der Waals surface area contributed by atoms with Crippen LogP contribution in [0.25, 0.3) is 0 Å². The normalized spacial score (nSPS) is 33.6. The summed E-state index contributed by atoms with van der Waals surface area (Å²) >= 11 is 0. The van der Waals surface area contributed by atoms with Gasteiger partial charge in [0.2, 0.25) is 0 Å². The van der Waals surface area contributed by atoms with Crippen molar-refractivity contribution < 1.29 is 9.90 Å². The predicted molar refractivity (Wildman–Crippen MR) is 146 cm³/mol. The first kappa shape index (κ1) is 23.5. The van der Waals surface area contributed by atoms with Gasteiger partial charge in [-0.05, 0) is 73.9 Å². The minimum Gasteiger partial charge on any atom is -0.508 e. The van der Waals surface area contributed by atoms with E-state index in [9.17, 15) is 9.90 Å². The predicted octanol–water partition coefficient (Wildman–Crippen LogP) is 5.36. The zero-order valence-corrected chi connectivity index (χ0v) is 21.8. The van der Waals surface area contributed by atoms with Crippen LogP contribution >= 0.6 is 0 Å². The van der Waals surface area contributed by atoms with Crippen molar-refractivity contribution in [1.29, 1.82) is 0 Å². The number of phenolic OH excluding ortho intramolecular Hbond substituents is 1. The van der Waals surface area contributed by atoms with Crippen LogP contribution < -0.4 is 0 Å². The highest BCUT2D eigenvalue weighted by atomic mass is 16.3. The van der Waals surface area contributed by atoms with Gasteiger partial charge >= 0.3 is 0 Å². The number of likely N-dealkylation sites (tertiary alicyclic amines) is 3. The lowest BCUT2D eigenvalue weighted by Crippen LogP contribution is -2.83. The highest BCUT2D eigenvalue weighted by Gasteiger charge is 2.80. The first-order valence-electron chi connectivity index (χ1n) is 14.5. The van der Waals surface area contributed by atoms with Crippen molar-refractivity contribution in [3.8, 4) is 5.75 Å². The van der Waals surface area contributed by atoms with Crippen molar-refractivity contribution in [3.63, 3.8) is 0 Å². The number of rotatable bonds is 6. The third-order valence-electron chi connectivity index (χ3n) is 10.4. The second kappa shape index (κ2) is 8.99. The molecular weight excluding hydrogens is 458 g/mol. The summed E-state index contributed by atoms with van der Waals surface area (Å²) < 4.78 is 0. The van der Waals surface area contributed by atoms with Crippen LogP contribution in [0.2, 0.25) is 0 Å². The minimum atomic E-state index is 0.0982. The number of hydrogen-bond donors (Lipinski definition) is 1. The molecule has 1 spiro atoms. The number of nitrogens with zero attached hydrogens (tertiary/aromatic N) is 3. The van der Waals surface area contributed by atoms with Crippen molar-refractivity contribution in [2.45, 2.75) is 81.6 Å². The standard InChI is InChI=1S/C32H39N3O2/c1-2-18-34-26-14-16-28-32(26)27(34)15-17-29(32)35(28)30(24-8-7-9-25(36)21-24)22-10-12-23(13-11-22)31(37)33-19-5-3-4-6-20-33/h2,7-13,21,26-30,36H,1,3-6,14-20H2. The fraction of sp³-hybridized carbons (Fsp3) is 0.531. The molecule has 0 radical (unpaired) electrons. The van der Waals surface area contributed by atoms with Gasteiger partial charge in [-0.3, -0.25) is 14.6 Å². The summed E-state index contributed by atoms with van der Waals surface area (Å²) in [6.45, 7) is 6.78. The summed E-state index contributed by atoms with van der Waals surface area (Å²) in [7, 11) is 0. The Morgan fingerprint density at radius 3 is 2.19 bits per heavy atom. The van der Waals surface area contributed by atoms with Gasteiger partial charge in [-0.1, -0.05) is 43.2 Å². The number of phenols is 1. The first-order valence-corrected chi connectivity index (χ1v) is 14.5. The van der Waals surface area contributed by atoms with E-state index < -0.39 is 0 Å². The van der Waals surface area contributed by atoms with Crippen LogP contribution in [0.3, 0.4) is 0 Å². The average Bonchev–Trinajstić information content (AvgIpc) is 3.17. The van der Waals surface area contributed by atoms with E-state index in [0.717, 1.165) is 43.6 Å². The van der Waals surface area contributed by atoms with Gasteiger partial charge in [0.1, 0.15) is 5.75 Å². The molecule has 1 amide bonds. The SMILES string of the molecule is C=CCN1C2CCC3N(C(c4ccc(C(=O)N5CCCCCC5)cc4)c4cccc(O)c4)C4CCC1C234. The largest absolute Gasteiger partial charge is 0.508 e. The van der Waals surface area contributed by atoms with Gasteiger partial charge in [-0.25, -0.2) is 0 Å². The molecule has 7 rings (SSSR count). The summed E-state index contributed by atoms with van der Waals surface area (Å²) in [5.74, 6) is 0.486.